The normalized spacial score (nSPS) is 10.7. The van der Waals surface area contributed by atoms with E-state index in [1.807, 2.05) is 30.3 Å². The molecule has 2 heterocycles. The molecule has 1 N–H and O–H groups in total. The Hall–Kier alpha value is -4.40. The zero-order valence-electron chi connectivity index (χ0n) is 19.1. The fraction of sp³-hybridized carbons (Fsp3) is 0.200. The second-order valence-electron chi connectivity index (χ2n) is 7.32. The highest BCUT2D eigenvalue weighted by Crippen LogP contribution is 2.28. The smallest absolute Gasteiger partial charge is 0.343 e. The lowest BCUT2D eigenvalue weighted by molar-refractivity contribution is -0.115. The molecule has 2 aromatic carbocycles. The van der Waals surface area contributed by atoms with E-state index in [4.69, 9.17) is 14.2 Å². The van der Waals surface area contributed by atoms with Crippen LogP contribution < -0.4 is 14.8 Å². The number of anilines is 1. The number of carbonyl (C=O) groups excluding carboxylic acids is 2. The first-order valence-electron chi connectivity index (χ1n) is 10.7. The Bertz CT molecular complexity index is 1350. The van der Waals surface area contributed by atoms with E-state index in [2.05, 4.69) is 15.4 Å². The van der Waals surface area contributed by atoms with E-state index in [0.29, 0.717) is 22.9 Å². The fourth-order valence-electron chi connectivity index (χ4n) is 3.53. The monoisotopic (exact) mass is 460 g/mol. The predicted octanol–water partition coefficient (Wildman–Crippen LogP) is 3.80. The number of ether oxygens (including phenoxy) is 3. The van der Waals surface area contributed by atoms with E-state index < -0.39 is 5.97 Å². The third kappa shape index (κ3) is 4.68. The van der Waals surface area contributed by atoms with Gasteiger partial charge in [-0.15, -0.1) is 0 Å². The van der Waals surface area contributed by atoms with Crippen LogP contribution in [0.5, 0.6) is 11.5 Å². The standard InChI is InChI=1S/C25H24N4O5/c1-4-34-25(31)18-15-26-29(22-12-10-17-7-5-6-8-19(17)27-22)24(18)28-23(30)14-16-9-11-20(32-2)21(13-16)33-3/h5-13,15H,4,14H2,1-3H3,(H,28,30). The summed E-state index contributed by atoms with van der Waals surface area (Å²) in [5.41, 5.74) is 1.61. The molecule has 0 unspecified atom stereocenters. The van der Waals surface area contributed by atoms with Gasteiger partial charge in [0.05, 0.1) is 39.0 Å². The summed E-state index contributed by atoms with van der Waals surface area (Å²) in [4.78, 5) is 30.1. The van der Waals surface area contributed by atoms with Crippen LogP contribution in [0.3, 0.4) is 0 Å². The molecule has 0 bridgehead atoms. The van der Waals surface area contributed by atoms with E-state index in [0.717, 1.165) is 10.9 Å². The van der Waals surface area contributed by atoms with Gasteiger partial charge >= 0.3 is 5.97 Å². The van der Waals surface area contributed by atoms with Crippen LogP contribution in [0.4, 0.5) is 5.82 Å². The van der Waals surface area contributed by atoms with Crippen molar-refractivity contribution in [3.8, 4) is 17.3 Å². The first-order valence-corrected chi connectivity index (χ1v) is 10.7. The Labute approximate surface area is 196 Å². The van der Waals surface area contributed by atoms with Crippen molar-refractivity contribution >= 4 is 28.6 Å². The van der Waals surface area contributed by atoms with Crippen molar-refractivity contribution in [3.05, 3.63) is 71.9 Å². The Morgan fingerprint density at radius 1 is 1.00 bits per heavy atom. The molecule has 0 fully saturated rings. The Balaban J connectivity index is 1.67. The van der Waals surface area contributed by atoms with Crippen LogP contribution in [0.1, 0.15) is 22.8 Å². The molecule has 0 saturated carbocycles. The van der Waals surface area contributed by atoms with Crippen LogP contribution in [0, 0.1) is 0 Å². The third-order valence-corrected chi connectivity index (χ3v) is 5.14. The minimum Gasteiger partial charge on any atom is -0.493 e. The van der Waals surface area contributed by atoms with Crippen molar-refractivity contribution in [1.29, 1.82) is 0 Å². The number of nitrogens with zero attached hydrogens (tertiary/aromatic N) is 3. The molecule has 0 atom stereocenters. The Morgan fingerprint density at radius 2 is 1.79 bits per heavy atom. The highest BCUT2D eigenvalue weighted by Gasteiger charge is 2.22. The van der Waals surface area contributed by atoms with Gasteiger partial charge in [-0.3, -0.25) is 4.79 Å². The van der Waals surface area contributed by atoms with E-state index in [-0.39, 0.29) is 30.3 Å². The van der Waals surface area contributed by atoms with Crippen LogP contribution in [0.25, 0.3) is 16.7 Å². The number of aromatic nitrogens is 3. The van der Waals surface area contributed by atoms with Crippen molar-refractivity contribution in [1.82, 2.24) is 14.8 Å². The largest absolute Gasteiger partial charge is 0.493 e. The third-order valence-electron chi connectivity index (χ3n) is 5.14. The number of hydrogen-bond donors (Lipinski definition) is 1. The van der Waals surface area contributed by atoms with E-state index in [9.17, 15) is 9.59 Å². The molecule has 4 aromatic rings. The summed E-state index contributed by atoms with van der Waals surface area (Å²) in [5, 5.41) is 8.08. The molecule has 9 heteroatoms. The molecule has 0 aliphatic rings. The summed E-state index contributed by atoms with van der Waals surface area (Å²) in [6.45, 7) is 1.90. The van der Waals surface area contributed by atoms with Crippen molar-refractivity contribution in [2.75, 3.05) is 26.1 Å². The number of methoxy groups -OCH3 is 2. The molecule has 0 spiro atoms. The molecular weight excluding hydrogens is 436 g/mol. The van der Waals surface area contributed by atoms with Gasteiger partial charge in [-0.25, -0.2) is 9.78 Å². The van der Waals surface area contributed by atoms with Crippen molar-refractivity contribution in [3.63, 3.8) is 0 Å². The van der Waals surface area contributed by atoms with Crippen LogP contribution in [0.2, 0.25) is 0 Å². The summed E-state index contributed by atoms with van der Waals surface area (Å²) in [7, 11) is 3.07. The summed E-state index contributed by atoms with van der Waals surface area (Å²) < 4.78 is 17.1. The average molecular weight is 460 g/mol. The molecule has 9 nitrogen and oxygen atoms in total. The molecular formula is C25H24N4O5. The number of hydrogen-bond acceptors (Lipinski definition) is 7. The fourth-order valence-corrected chi connectivity index (χ4v) is 3.53. The number of para-hydroxylation sites is 1. The number of benzene rings is 2. The van der Waals surface area contributed by atoms with Gasteiger partial charge < -0.3 is 19.5 Å². The van der Waals surface area contributed by atoms with Gasteiger partial charge in [0.15, 0.2) is 23.1 Å². The SMILES string of the molecule is CCOC(=O)c1cnn(-c2ccc3ccccc3n2)c1NC(=O)Cc1ccc(OC)c(OC)c1. The van der Waals surface area contributed by atoms with Crippen LogP contribution in [-0.4, -0.2) is 47.5 Å². The van der Waals surface area contributed by atoms with Gasteiger partial charge in [0, 0.05) is 5.39 Å². The molecule has 0 aliphatic heterocycles. The minimum absolute atomic E-state index is 0.0406. The summed E-state index contributed by atoms with van der Waals surface area (Å²) >= 11 is 0. The van der Waals surface area contributed by atoms with E-state index in [1.165, 1.54) is 18.0 Å². The predicted molar refractivity (Wildman–Crippen MR) is 127 cm³/mol. The van der Waals surface area contributed by atoms with Gasteiger partial charge in [-0.1, -0.05) is 24.3 Å². The summed E-state index contributed by atoms with van der Waals surface area (Å²) in [5.74, 6) is 0.792. The Morgan fingerprint density at radius 3 is 2.56 bits per heavy atom. The highest BCUT2D eigenvalue weighted by atomic mass is 16.5. The molecule has 2 aromatic heterocycles. The molecule has 0 aliphatic carbocycles. The lowest BCUT2D eigenvalue weighted by atomic mass is 10.1. The number of nitrogens with one attached hydrogen (secondary N) is 1. The number of esters is 1. The number of pyridine rings is 1. The first kappa shape index (κ1) is 22.8. The number of rotatable bonds is 8. The van der Waals surface area contributed by atoms with Crippen molar-refractivity contribution < 1.29 is 23.8 Å². The lowest BCUT2D eigenvalue weighted by Crippen LogP contribution is -2.20. The maximum absolute atomic E-state index is 13.0. The average Bonchev–Trinajstić information content (AvgIpc) is 3.27. The zero-order valence-corrected chi connectivity index (χ0v) is 19.1. The molecule has 1 amide bonds. The van der Waals surface area contributed by atoms with Crippen LogP contribution in [-0.2, 0) is 16.0 Å². The number of amides is 1. The van der Waals surface area contributed by atoms with Crippen LogP contribution in [0.15, 0.2) is 60.8 Å². The molecule has 4 rings (SSSR count). The maximum Gasteiger partial charge on any atom is 0.343 e. The van der Waals surface area contributed by atoms with Gasteiger partial charge in [0.2, 0.25) is 5.91 Å². The molecule has 34 heavy (non-hydrogen) atoms. The van der Waals surface area contributed by atoms with E-state index >= 15 is 0 Å². The molecule has 174 valence electrons. The quantitative estimate of drug-likeness (QED) is 0.399. The lowest BCUT2D eigenvalue weighted by Gasteiger charge is -2.12. The second-order valence-corrected chi connectivity index (χ2v) is 7.32. The summed E-state index contributed by atoms with van der Waals surface area (Å²) in [6.07, 6.45) is 1.40. The first-order chi connectivity index (χ1) is 16.5. The second kappa shape index (κ2) is 10.0. The van der Waals surface area contributed by atoms with Crippen LogP contribution >= 0.6 is 0 Å². The topological polar surface area (TPSA) is 105 Å². The van der Waals surface area contributed by atoms with Gasteiger partial charge in [-0.05, 0) is 42.8 Å². The molecule has 0 saturated heterocycles. The maximum atomic E-state index is 13.0. The highest BCUT2D eigenvalue weighted by molar-refractivity contribution is 6.01. The van der Waals surface area contributed by atoms with Gasteiger partial charge in [0.25, 0.3) is 0 Å². The van der Waals surface area contributed by atoms with E-state index in [1.54, 1.807) is 38.3 Å². The van der Waals surface area contributed by atoms with Crippen molar-refractivity contribution in [2.45, 2.75) is 13.3 Å². The number of fused-ring (bicyclic) bond motifs is 1. The zero-order chi connectivity index (χ0) is 24.1. The molecule has 0 radical (unpaired) electrons. The van der Waals surface area contributed by atoms with Gasteiger partial charge in [-0.2, -0.15) is 9.78 Å². The number of carbonyl (C=O) groups is 2. The van der Waals surface area contributed by atoms with Crippen molar-refractivity contribution in [2.24, 2.45) is 0 Å². The summed E-state index contributed by atoms with van der Waals surface area (Å²) in [6, 6.07) is 16.5. The Kier molecular flexibility index (Phi) is 6.72. The minimum atomic E-state index is -0.587. The van der Waals surface area contributed by atoms with Gasteiger partial charge in [0.1, 0.15) is 5.56 Å².